The van der Waals surface area contributed by atoms with Crippen molar-refractivity contribution < 1.29 is 4.79 Å². The second kappa shape index (κ2) is 6.32. The normalized spacial score (nSPS) is 10.2. The third-order valence-corrected chi connectivity index (χ3v) is 3.16. The fraction of sp³-hybridized carbons (Fsp3) is 0. The topological polar surface area (TPSA) is 67.8 Å². The number of hydrogen-bond acceptors (Lipinski definition) is 4. The van der Waals surface area contributed by atoms with Gasteiger partial charge in [0.25, 0.3) is 5.91 Å². The summed E-state index contributed by atoms with van der Waals surface area (Å²) in [6.07, 6.45) is 4.76. The van der Waals surface area contributed by atoms with Crippen LogP contribution in [0.1, 0.15) is 10.5 Å². The molecule has 2 aromatic heterocycles. The van der Waals surface area contributed by atoms with E-state index in [2.05, 4.69) is 20.3 Å². The molecule has 3 rings (SSSR count). The first kappa shape index (κ1) is 14.2. The van der Waals surface area contributed by atoms with Gasteiger partial charge in [0.05, 0.1) is 11.9 Å². The minimum Gasteiger partial charge on any atom is -0.319 e. The molecule has 22 heavy (non-hydrogen) atoms. The molecule has 0 unspecified atom stereocenters. The lowest BCUT2D eigenvalue weighted by atomic mass is 10.2. The van der Waals surface area contributed by atoms with Crippen molar-refractivity contribution in [1.82, 2.24) is 15.0 Å². The van der Waals surface area contributed by atoms with E-state index in [0.717, 1.165) is 5.56 Å². The Morgan fingerprint density at radius 1 is 1.05 bits per heavy atom. The molecule has 1 N–H and O–H groups in total. The monoisotopic (exact) mass is 310 g/mol. The van der Waals surface area contributed by atoms with Crippen LogP contribution in [0.4, 0.5) is 5.69 Å². The summed E-state index contributed by atoms with van der Waals surface area (Å²) in [5.41, 5.74) is 1.68. The summed E-state index contributed by atoms with van der Waals surface area (Å²) < 4.78 is 0. The summed E-state index contributed by atoms with van der Waals surface area (Å²) >= 11 is 5.86. The molecular formula is C16H11ClN4O. The Balaban J connectivity index is 1.84. The fourth-order valence-corrected chi connectivity index (χ4v) is 1.98. The second-order valence-electron chi connectivity index (χ2n) is 4.47. The maximum absolute atomic E-state index is 12.2. The zero-order chi connectivity index (χ0) is 15.4. The lowest BCUT2D eigenvalue weighted by Crippen LogP contribution is -2.14. The van der Waals surface area contributed by atoms with Gasteiger partial charge in [-0.05, 0) is 42.5 Å². The van der Waals surface area contributed by atoms with Crippen LogP contribution >= 0.6 is 11.6 Å². The molecule has 0 aliphatic rings. The van der Waals surface area contributed by atoms with E-state index in [1.807, 2.05) is 0 Å². The number of halogens is 1. The van der Waals surface area contributed by atoms with Gasteiger partial charge in [0.2, 0.25) is 0 Å². The molecule has 0 spiro atoms. The molecule has 0 aliphatic heterocycles. The third-order valence-electron chi connectivity index (χ3n) is 2.91. The summed E-state index contributed by atoms with van der Waals surface area (Å²) in [4.78, 5) is 24.6. The summed E-state index contributed by atoms with van der Waals surface area (Å²) in [7, 11) is 0. The number of nitrogens with one attached hydrogen (secondary N) is 1. The van der Waals surface area contributed by atoms with Gasteiger partial charge in [-0.1, -0.05) is 11.6 Å². The summed E-state index contributed by atoms with van der Waals surface area (Å²) in [5, 5.41) is 3.37. The SMILES string of the molecule is O=C(Nc1cccnc1)c1ccnc(-c2ccc(Cl)cc2)n1. The molecule has 0 saturated carbocycles. The number of carbonyl (C=O) groups excluding carboxylic acids is 1. The molecular weight excluding hydrogens is 300 g/mol. The predicted molar refractivity (Wildman–Crippen MR) is 84.7 cm³/mol. The zero-order valence-corrected chi connectivity index (χ0v) is 12.2. The van der Waals surface area contributed by atoms with Crippen LogP contribution in [0.5, 0.6) is 0 Å². The average molecular weight is 311 g/mol. The zero-order valence-electron chi connectivity index (χ0n) is 11.4. The van der Waals surface area contributed by atoms with E-state index in [9.17, 15) is 4.79 Å². The van der Waals surface area contributed by atoms with Crippen LogP contribution in [0, 0.1) is 0 Å². The van der Waals surface area contributed by atoms with Gasteiger partial charge in [-0.25, -0.2) is 9.97 Å². The Kier molecular flexibility index (Phi) is 4.07. The quantitative estimate of drug-likeness (QED) is 0.804. The number of carbonyl (C=O) groups is 1. The molecule has 1 amide bonds. The number of amides is 1. The fourth-order valence-electron chi connectivity index (χ4n) is 1.86. The van der Waals surface area contributed by atoms with Crippen LogP contribution in [0.3, 0.4) is 0 Å². The molecule has 0 saturated heterocycles. The van der Waals surface area contributed by atoms with Gasteiger partial charge in [-0.15, -0.1) is 0 Å². The highest BCUT2D eigenvalue weighted by Gasteiger charge is 2.10. The maximum atomic E-state index is 12.2. The Morgan fingerprint density at radius 3 is 2.59 bits per heavy atom. The van der Waals surface area contributed by atoms with Crippen LogP contribution in [-0.4, -0.2) is 20.9 Å². The minimum atomic E-state index is -0.314. The summed E-state index contributed by atoms with van der Waals surface area (Å²) in [6.45, 7) is 0. The van der Waals surface area contributed by atoms with E-state index in [0.29, 0.717) is 16.5 Å². The average Bonchev–Trinajstić information content (AvgIpc) is 2.56. The predicted octanol–water partition coefficient (Wildman–Crippen LogP) is 3.44. The molecule has 3 aromatic rings. The first-order valence-electron chi connectivity index (χ1n) is 6.53. The van der Waals surface area contributed by atoms with Crippen molar-refractivity contribution in [2.75, 3.05) is 5.32 Å². The highest BCUT2D eigenvalue weighted by atomic mass is 35.5. The molecule has 1 aromatic carbocycles. The lowest BCUT2D eigenvalue weighted by Gasteiger charge is -2.05. The van der Waals surface area contributed by atoms with E-state index in [4.69, 9.17) is 11.6 Å². The number of nitrogens with zero attached hydrogens (tertiary/aromatic N) is 3. The van der Waals surface area contributed by atoms with Crippen molar-refractivity contribution in [3.05, 3.63) is 71.8 Å². The number of anilines is 1. The second-order valence-corrected chi connectivity index (χ2v) is 4.90. The highest BCUT2D eigenvalue weighted by Crippen LogP contribution is 2.18. The van der Waals surface area contributed by atoms with Crippen LogP contribution in [0.25, 0.3) is 11.4 Å². The van der Waals surface area contributed by atoms with Crippen molar-refractivity contribution >= 4 is 23.2 Å². The molecule has 2 heterocycles. The first-order chi connectivity index (χ1) is 10.7. The van der Waals surface area contributed by atoms with Gasteiger partial charge < -0.3 is 5.32 Å². The highest BCUT2D eigenvalue weighted by molar-refractivity contribution is 6.30. The van der Waals surface area contributed by atoms with Crippen LogP contribution < -0.4 is 5.32 Å². The first-order valence-corrected chi connectivity index (χ1v) is 6.90. The number of pyridine rings is 1. The Morgan fingerprint density at radius 2 is 1.86 bits per heavy atom. The van der Waals surface area contributed by atoms with E-state index in [1.165, 1.54) is 0 Å². The molecule has 6 heteroatoms. The number of hydrogen-bond donors (Lipinski definition) is 1. The molecule has 0 radical (unpaired) electrons. The van der Waals surface area contributed by atoms with Crippen molar-refractivity contribution in [3.63, 3.8) is 0 Å². The molecule has 0 atom stereocenters. The third kappa shape index (κ3) is 3.27. The smallest absolute Gasteiger partial charge is 0.274 e. The van der Waals surface area contributed by atoms with E-state index in [-0.39, 0.29) is 11.6 Å². The molecule has 108 valence electrons. The van der Waals surface area contributed by atoms with Gasteiger partial charge in [0.1, 0.15) is 5.69 Å². The Labute approximate surface area is 132 Å². The van der Waals surface area contributed by atoms with Crippen molar-refractivity contribution in [2.24, 2.45) is 0 Å². The molecule has 0 fully saturated rings. The van der Waals surface area contributed by atoms with Crippen LogP contribution in [0.2, 0.25) is 5.02 Å². The van der Waals surface area contributed by atoms with E-state index in [1.54, 1.807) is 61.1 Å². The van der Waals surface area contributed by atoms with Crippen LogP contribution in [-0.2, 0) is 0 Å². The molecule has 0 aliphatic carbocycles. The lowest BCUT2D eigenvalue weighted by molar-refractivity contribution is 0.102. The summed E-state index contributed by atoms with van der Waals surface area (Å²) in [5.74, 6) is 0.154. The Hall–Kier alpha value is -2.79. The van der Waals surface area contributed by atoms with Gasteiger partial charge in [0, 0.05) is 23.0 Å². The van der Waals surface area contributed by atoms with Gasteiger partial charge in [0.15, 0.2) is 5.82 Å². The van der Waals surface area contributed by atoms with Crippen molar-refractivity contribution in [2.45, 2.75) is 0 Å². The van der Waals surface area contributed by atoms with E-state index >= 15 is 0 Å². The minimum absolute atomic E-state index is 0.281. The maximum Gasteiger partial charge on any atom is 0.274 e. The van der Waals surface area contributed by atoms with Crippen LogP contribution in [0.15, 0.2) is 61.1 Å². The van der Waals surface area contributed by atoms with E-state index < -0.39 is 0 Å². The number of rotatable bonds is 3. The van der Waals surface area contributed by atoms with Gasteiger partial charge >= 0.3 is 0 Å². The molecule has 5 nitrogen and oxygen atoms in total. The van der Waals surface area contributed by atoms with Gasteiger partial charge in [-0.3, -0.25) is 9.78 Å². The van der Waals surface area contributed by atoms with Crippen molar-refractivity contribution in [1.29, 1.82) is 0 Å². The van der Waals surface area contributed by atoms with Gasteiger partial charge in [-0.2, -0.15) is 0 Å². The number of aromatic nitrogens is 3. The summed E-state index contributed by atoms with van der Waals surface area (Å²) in [6, 6.07) is 12.2. The number of benzene rings is 1. The Bertz CT molecular complexity index is 791. The van der Waals surface area contributed by atoms with Crippen molar-refractivity contribution in [3.8, 4) is 11.4 Å². The standard InChI is InChI=1S/C16H11ClN4O/c17-12-5-3-11(4-6-12)15-19-9-7-14(21-15)16(22)20-13-2-1-8-18-10-13/h1-10H,(H,20,22). The largest absolute Gasteiger partial charge is 0.319 e. The molecule has 0 bridgehead atoms.